The lowest BCUT2D eigenvalue weighted by Gasteiger charge is -2.30. The molecule has 0 spiro atoms. The van der Waals surface area contributed by atoms with Gasteiger partial charge in [-0.25, -0.2) is 0 Å². The highest BCUT2D eigenvalue weighted by Gasteiger charge is 2.34. The number of rotatable bonds is 3. The van der Waals surface area contributed by atoms with Gasteiger partial charge in [-0.1, -0.05) is 42.0 Å². The van der Waals surface area contributed by atoms with Crippen molar-refractivity contribution >= 4 is 17.3 Å². The third-order valence-electron chi connectivity index (χ3n) is 4.64. The lowest BCUT2D eigenvalue weighted by molar-refractivity contribution is -0.116. The Morgan fingerprint density at radius 1 is 1.23 bits per heavy atom. The predicted molar refractivity (Wildman–Crippen MR) is 104 cm³/mol. The number of aryl methyl sites for hydroxylation is 2. The molecule has 4 heteroatoms. The van der Waals surface area contributed by atoms with Gasteiger partial charge in [0.05, 0.1) is 17.3 Å². The molecule has 1 N–H and O–H groups in total. The number of nitrogens with zero attached hydrogens (tertiary/aromatic N) is 2. The molecule has 1 amide bonds. The van der Waals surface area contributed by atoms with E-state index in [1.807, 2.05) is 70.2 Å². The van der Waals surface area contributed by atoms with Crippen molar-refractivity contribution in [2.24, 2.45) is 10.9 Å². The second-order valence-electron chi connectivity index (χ2n) is 7.51. The molecule has 0 unspecified atom stereocenters. The molecular weight excluding hydrogens is 322 g/mol. The number of amides is 1. The molecule has 3 rings (SSSR count). The van der Waals surface area contributed by atoms with E-state index in [0.717, 1.165) is 34.4 Å². The molecule has 2 aromatic rings. The fourth-order valence-corrected chi connectivity index (χ4v) is 3.44. The van der Waals surface area contributed by atoms with E-state index in [4.69, 9.17) is 4.99 Å². The number of carbonyl (C=O) groups is 1. The van der Waals surface area contributed by atoms with Gasteiger partial charge in [0, 0.05) is 11.3 Å². The van der Waals surface area contributed by atoms with Crippen LogP contribution in [0.5, 0.6) is 0 Å². The van der Waals surface area contributed by atoms with Crippen LogP contribution in [0, 0.1) is 31.1 Å². The van der Waals surface area contributed by atoms with Gasteiger partial charge in [-0.15, -0.1) is 0 Å². The Bertz CT molecular complexity index is 935. The standard InChI is InChI=1S/C22H23N3O/c1-14-9-10-19(15(2)11-14)24-21(26)18(13-23)20-17-8-6-5-7-16(17)12-22(3,4)25-20/h5-11,18H,12H2,1-4H3,(H,24,26)/t18-/m0/s1. The molecule has 0 aliphatic carbocycles. The minimum absolute atomic E-state index is 0.334. The molecule has 1 aliphatic heterocycles. The molecule has 0 saturated carbocycles. The maximum Gasteiger partial charge on any atom is 0.247 e. The highest BCUT2D eigenvalue weighted by molar-refractivity contribution is 6.19. The monoisotopic (exact) mass is 345 g/mol. The number of hydrogen-bond donors (Lipinski definition) is 1. The van der Waals surface area contributed by atoms with Crippen LogP contribution in [-0.4, -0.2) is 17.2 Å². The van der Waals surface area contributed by atoms with E-state index in [1.54, 1.807) is 0 Å². The van der Waals surface area contributed by atoms with Gasteiger partial charge < -0.3 is 5.32 Å². The number of carbonyl (C=O) groups excluding carboxylic acids is 1. The predicted octanol–water partition coefficient (Wildman–Crippen LogP) is 4.21. The Hall–Kier alpha value is -2.93. The molecule has 26 heavy (non-hydrogen) atoms. The summed E-state index contributed by atoms with van der Waals surface area (Å²) in [5, 5.41) is 12.6. The van der Waals surface area contributed by atoms with Gasteiger partial charge in [0.25, 0.3) is 0 Å². The van der Waals surface area contributed by atoms with Gasteiger partial charge in [0.1, 0.15) is 0 Å². The van der Waals surface area contributed by atoms with E-state index in [1.165, 1.54) is 0 Å². The largest absolute Gasteiger partial charge is 0.324 e. The molecule has 1 atom stereocenters. The molecule has 2 aromatic carbocycles. The van der Waals surface area contributed by atoms with Crippen LogP contribution < -0.4 is 5.32 Å². The van der Waals surface area contributed by atoms with Crippen LogP contribution >= 0.6 is 0 Å². The van der Waals surface area contributed by atoms with Gasteiger partial charge in [0.15, 0.2) is 5.92 Å². The Morgan fingerprint density at radius 3 is 2.65 bits per heavy atom. The number of nitrogens with one attached hydrogen (secondary N) is 1. The van der Waals surface area contributed by atoms with Crippen LogP contribution in [-0.2, 0) is 11.2 Å². The van der Waals surface area contributed by atoms with E-state index in [-0.39, 0.29) is 11.4 Å². The molecule has 0 saturated heterocycles. The summed E-state index contributed by atoms with van der Waals surface area (Å²) in [4.78, 5) is 17.6. The van der Waals surface area contributed by atoms with Crippen molar-refractivity contribution in [3.8, 4) is 6.07 Å². The fraction of sp³-hybridized carbons (Fsp3) is 0.318. The van der Waals surface area contributed by atoms with Crippen molar-refractivity contribution < 1.29 is 4.79 Å². The molecule has 0 radical (unpaired) electrons. The van der Waals surface area contributed by atoms with Gasteiger partial charge in [-0.2, -0.15) is 5.26 Å². The smallest absolute Gasteiger partial charge is 0.247 e. The Labute approximate surface area is 154 Å². The maximum absolute atomic E-state index is 12.9. The summed E-state index contributed by atoms with van der Waals surface area (Å²) in [5.41, 5.74) is 5.08. The maximum atomic E-state index is 12.9. The highest BCUT2D eigenvalue weighted by Crippen LogP contribution is 2.30. The number of anilines is 1. The third-order valence-corrected chi connectivity index (χ3v) is 4.64. The van der Waals surface area contributed by atoms with E-state index >= 15 is 0 Å². The van der Waals surface area contributed by atoms with Crippen LogP contribution in [0.15, 0.2) is 47.5 Å². The molecule has 1 heterocycles. The first-order valence-electron chi connectivity index (χ1n) is 8.76. The SMILES string of the molecule is Cc1ccc(NC(=O)[C@@H](C#N)C2=NC(C)(C)Cc3ccccc32)c(C)c1. The molecule has 0 bridgehead atoms. The number of benzene rings is 2. The molecular formula is C22H23N3O. The normalized spacial score (nSPS) is 16.0. The van der Waals surface area contributed by atoms with Gasteiger partial charge in [-0.3, -0.25) is 9.79 Å². The van der Waals surface area contributed by atoms with E-state index in [2.05, 4.69) is 11.4 Å². The molecule has 132 valence electrons. The van der Waals surface area contributed by atoms with Crippen LogP contribution in [0.1, 0.15) is 36.1 Å². The summed E-state index contributed by atoms with van der Waals surface area (Å²) in [6.45, 7) is 8.01. The van der Waals surface area contributed by atoms with Gasteiger partial charge >= 0.3 is 0 Å². The zero-order valence-electron chi connectivity index (χ0n) is 15.6. The summed E-state index contributed by atoms with van der Waals surface area (Å²) in [6, 6.07) is 15.9. The average molecular weight is 345 g/mol. The van der Waals surface area contributed by atoms with Crippen LogP contribution in [0.3, 0.4) is 0 Å². The first kappa shape index (κ1) is 17.9. The van der Waals surface area contributed by atoms with Crippen molar-refractivity contribution in [1.29, 1.82) is 5.26 Å². The Balaban J connectivity index is 1.96. The summed E-state index contributed by atoms with van der Waals surface area (Å²) in [5.74, 6) is -1.29. The van der Waals surface area contributed by atoms with E-state index in [0.29, 0.717) is 5.71 Å². The van der Waals surface area contributed by atoms with Crippen molar-refractivity contribution in [3.63, 3.8) is 0 Å². The molecule has 1 aliphatic rings. The zero-order chi connectivity index (χ0) is 18.9. The first-order valence-corrected chi connectivity index (χ1v) is 8.76. The summed E-state index contributed by atoms with van der Waals surface area (Å²) in [6.07, 6.45) is 0.795. The average Bonchev–Trinajstić information content (AvgIpc) is 2.57. The lowest BCUT2D eigenvalue weighted by atomic mass is 9.83. The van der Waals surface area contributed by atoms with Crippen LogP contribution in [0.2, 0.25) is 0 Å². The highest BCUT2D eigenvalue weighted by atomic mass is 16.1. The van der Waals surface area contributed by atoms with Crippen molar-refractivity contribution in [2.45, 2.75) is 39.7 Å². The van der Waals surface area contributed by atoms with Crippen molar-refractivity contribution in [1.82, 2.24) is 0 Å². The van der Waals surface area contributed by atoms with E-state index < -0.39 is 5.92 Å². The lowest BCUT2D eigenvalue weighted by Crippen LogP contribution is -2.36. The molecule has 4 nitrogen and oxygen atoms in total. The molecule has 0 fully saturated rings. The van der Waals surface area contributed by atoms with Gasteiger partial charge in [0.2, 0.25) is 5.91 Å². The Kier molecular flexibility index (Phi) is 4.65. The first-order chi connectivity index (χ1) is 12.3. The third kappa shape index (κ3) is 3.52. The number of nitriles is 1. The summed E-state index contributed by atoms with van der Waals surface area (Å²) < 4.78 is 0. The topological polar surface area (TPSA) is 65.2 Å². The summed E-state index contributed by atoms with van der Waals surface area (Å²) >= 11 is 0. The van der Waals surface area contributed by atoms with E-state index in [9.17, 15) is 10.1 Å². The summed E-state index contributed by atoms with van der Waals surface area (Å²) in [7, 11) is 0. The van der Waals surface area contributed by atoms with Crippen LogP contribution in [0.4, 0.5) is 5.69 Å². The van der Waals surface area contributed by atoms with Crippen LogP contribution in [0.25, 0.3) is 0 Å². The zero-order valence-corrected chi connectivity index (χ0v) is 15.6. The van der Waals surface area contributed by atoms with Gasteiger partial charge in [-0.05, 0) is 51.3 Å². The quantitative estimate of drug-likeness (QED) is 0.906. The fourth-order valence-electron chi connectivity index (χ4n) is 3.44. The Morgan fingerprint density at radius 2 is 1.96 bits per heavy atom. The number of fused-ring (bicyclic) bond motifs is 1. The second-order valence-corrected chi connectivity index (χ2v) is 7.51. The second kappa shape index (κ2) is 6.76. The van der Waals surface area contributed by atoms with Crippen molar-refractivity contribution in [3.05, 3.63) is 64.7 Å². The molecule has 0 aromatic heterocycles. The minimum atomic E-state index is -0.948. The van der Waals surface area contributed by atoms with Crippen molar-refractivity contribution in [2.75, 3.05) is 5.32 Å². The number of aliphatic imine (C=N–C) groups is 1. The number of hydrogen-bond acceptors (Lipinski definition) is 3. The minimum Gasteiger partial charge on any atom is -0.324 e.